The van der Waals surface area contributed by atoms with Gasteiger partial charge < -0.3 is 14.8 Å². The van der Waals surface area contributed by atoms with Crippen molar-refractivity contribution in [2.45, 2.75) is 25.9 Å². The average Bonchev–Trinajstić information content (AvgIpc) is 2.62. The maximum atomic E-state index is 13.0. The molecule has 138 valence electrons. The van der Waals surface area contributed by atoms with E-state index < -0.39 is 23.8 Å². The van der Waals surface area contributed by atoms with Crippen LogP contribution in [0.3, 0.4) is 0 Å². The van der Waals surface area contributed by atoms with Crippen LogP contribution in [-0.2, 0) is 14.3 Å². The molecule has 0 aliphatic carbocycles. The summed E-state index contributed by atoms with van der Waals surface area (Å²) in [5.41, 5.74) is 0.247. The lowest BCUT2D eigenvalue weighted by atomic mass is 10.3. The van der Waals surface area contributed by atoms with Crippen molar-refractivity contribution in [3.05, 3.63) is 59.4 Å². The molecule has 2 aromatic rings. The highest BCUT2D eigenvalue weighted by Crippen LogP contribution is 2.22. The van der Waals surface area contributed by atoms with Crippen LogP contribution < -0.4 is 10.1 Å². The molecule has 0 spiro atoms. The number of para-hydroxylation sites is 1. The summed E-state index contributed by atoms with van der Waals surface area (Å²) in [5.74, 6) is -0.836. The standard InChI is InChI=1S/C19H19ClFNO4/c1-13(19(24)22-17-10-9-14(21)12-16(17)20)26-18(23)8-5-11-25-15-6-3-2-4-7-15/h2-4,6-7,9-10,12-13H,5,8,11H2,1H3,(H,22,24)/t13-/m1/s1. The number of ether oxygens (including phenoxy) is 2. The smallest absolute Gasteiger partial charge is 0.306 e. The number of benzene rings is 2. The van der Waals surface area contributed by atoms with Crippen molar-refractivity contribution in [3.63, 3.8) is 0 Å². The molecule has 0 aromatic heterocycles. The second-order valence-electron chi connectivity index (χ2n) is 5.51. The van der Waals surface area contributed by atoms with Gasteiger partial charge in [-0.1, -0.05) is 29.8 Å². The number of anilines is 1. The van der Waals surface area contributed by atoms with E-state index >= 15 is 0 Å². The van der Waals surface area contributed by atoms with Crippen LogP contribution >= 0.6 is 11.6 Å². The third kappa shape index (κ3) is 6.37. The van der Waals surface area contributed by atoms with Crippen molar-refractivity contribution in [2.24, 2.45) is 0 Å². The van der Waals surface area contributed by atoms with E-state index in [9.17, 15) is 14.0 Å². The Bertz CT molecular complexity index is 754. The van der Waals surface area contributed by atoms with Gasteiger partial charge in [0.05, 0.1) is 17.3 Å². The summed E-state index contributed by atoms with van der Waals surface area (Å²) < 4.78 is 23.5. The van der Waals surface area contributed by atoms with E-state index in [1.54, 1.807) is 0 Å². The molecule has 7 heteroatoms. The summed E-state index contributed by atoms with van der Waals surface area (Å²) in [6.07, 6.45) is -0.410. The first kappa shape index (κ1) is 19.7. The van der Waals surface area contributed by atoms with Crippen LogP contribution in [0.2, 0.25) is 5.02 Å². The van der Waals surface area contributed by atoms with Gasteiger partial charge in [0.15, 0.2) is 6.10 Å². The summed E-state index contributed by atoms with van der Waals surface area (Å²) in [6.45, 7) is 1.82. The number of hydrogen-bond donors (Lipinski definition) is 1. The normalized spacial score (nSPS) is 11.5. The van der Waals surface area contributed by atoms with Gasteiger partial charge in [-0.3, -0.25) is 9.59 Å². The number of halogens is 2. The van der Waals surface area contributed by atoms with E-state index in [0.717, 1.165) is 11.8 Å². The second-order valence-corrected chi connectivity index (χ2v) is 5.92. The predicted octanol–water partition coefficient (Wildman–Crippen LogP) is 4.21. The van der Waals surface area contributed by atoms with Crippen molar-refractivity contribution < 1.29 is 23.5 Å². The highest BCUT2D eigenvalue weighted by Gasteiger charge is 2.18. The number of amides is 1. The molecule has 1 atom stereocenters. The molecule has 1 N–H and O–H groups in total. The van der Waals surface area contributed by atoms with Gasteiger partial charge in [-0.15, -0.1) is 0 Å². The lowest BCUT2D eigenvalue weighted by Gasteiger charge is -2.14. The minimum absolute atomic E-state index is 0.0648. The molecule has 0 saturated heterocycles. The highest BCUT2D eigenvalue weighted by atomic mass is 35.5. The average molecular weight is 380 g/mol. The Morgan fingerprint density at radius 2 is 1.92 bits per heavy atom. The van der Waals surface area contributed by atoms with Crippen LogP contribution in [-0.4, -0.2) is 24.6 Å². The Morgan fingerprint density at radius 1 is 1.19 bits per heavy atom. The zero-order valence-electron chi connectivity index (χ0n) is 14.2. The molecule has 0 radical (unpaired) electrons. The first-order valence-corrected chi connectivity index (χ1v) is 8.47. The molecule has 0 unspecified atom stereocenters. The molecule has 2 rings (SSSR count). The van der Waals surface area contributed by atoms with Gasteiger partial charge >= 0.3 is 5.97 Å². The van der Waals surface area contributed by atoms with Crippen LogP contribution in [0.5, 0.6) is 5.75 Å². The Kier molecular flexibility index (Phi) is 7.41. The van der Waals surface area contributed by atoms with E-state index in [-0.39, 0.29) is 17.1 Å². The zero-order valence-corrected chi connectivity index (χ0v) is 15.0. The molecule has 0 aliphatic heterocycles. The van der Waals surface area contributed by atoms with Crippen molar-refractivity contribution in [1.82, 2.24) is 0 Å². The fraction of sp³-hybridized carbons (Fsp3) is 0.263. The van der Waals surface area contributed by atoms with E-state index in [2.05, 4.69) is 5.32 Å². The van der Waals surface area contributed by atoms with Crippen LogP contribution in [0.4, 0.5) is 10.1 Å². The monoisotopic (exact) mass is 379 g/mol. The molecule has 26 heavy (non-hydrogen) atoms. The number of rotatable bonds is 8. The Morgan fingerprint density at radius 3 is 2.62 bits per heavy atom. The van der Waals surface area contributed by atoms with Crippen LogP contribution in [0.1, 0.15) is 19.8 Å². The maximum Gasteiger partial charge on any atom is 0.306 e. The van der Waals surface area contributed by atoms with Gasteiger partial charge in [-0.05, 0) is 43.7 Å². The molecule has 5 nitrogen and oxygen atoms in total. The van der Waals surface area contributed by atoms with Gasteiger partial charge in [0.2, 0.25) is 0 Å². The van der Waals surface area contributed by atoms with E-state index in [1.165, 1.54) is 19.1 Å². The Balaban J connectivity index is 1.71. The summed E-state index contributed by atoms with van der Waals surface area (Å²) >= 11 is 5.84. The van der Waals surface area contributed by atoms with Crippen LogP contribution in [0, 0.1) is 5.82 Å². The number of carbonyl (C=O) groups excluding carboxylic acids is 2. The first-order chi connectivity index (χ1) is 12.5. The third-order valence-electron chi connectivity index (χ3n) is 3.40. The number of hydrogen-bond acceptors (Lipinski definition) is 4. The largest absolute Gasteiger partial charge is 0.494 e. The van der Waals surface area contributed by atoms with Crippen molar-refractivity contribution in [3.8, 4) is 5.75 Å². The van der Waals surface area contributed by atoms with E-state index in [0.29, 0.717) is 13.0 Å². The molecule has 0 bridgehead atoms. The summed E-state index contributed by atoms with van der Waals surface area (Å²) in [4.78, 5) is 23.8. The van der Waals surface area contributed by atoms with Crippen LogP contribution in [0.25, 0.3) is 0 Å². The molecule has 0 heterocycles. The van der Waals surface area contributed by atoms with Gasteiger partial charge in [0.1, 0.15) is 11.6 Å². The fourth-order valence-corrected chi connectivity index (χ4v) is 2.27. The van der Waals surface area contributed by atoms with Gasteiger partial charge in [-0.2, -0.15) is 0 Å². The van der Waals surface area contributed by atoms with Crippen molar-refractivity contribution in [1.29, 1.82) is 0 Å². The fourth-order valence-electron chi connectivity index (χ4n) is 2.06. The SMILES string of the molecule is C[C@@H](OC(=O)CCCOc1ccccc1)C(=O)Nc1ccc(F)cc1Cl. The predicted molar refractivity (Wildman–Crippen MR) is 96.8 cm³/mol. The number of nitrogens with one attached hydrogen (secondary N) is 1. The van der Waals surface area contributed by atoms with E-state index in [4.69, 9.17) is 21.1 Å². The minimum Gasteiger partial charge on any atom is -0.494 e. The Hall–Kier alpha value is -2.60. The van der Waals surface area contributed by atoms with Crippen molar-refractivity contribution >= 4 is 29.2 Å². The topological polar surface area (TPSA) is 64.6 Å². The maximum absolute atomic E-state index is 13.0. The first-order valence-electron chi connectivity index (χ1n) is 8.09. The molecule has 0 aliphatic rings. The molecule has 0 saturated carbocycles. The quantitative estimate of drug-likeness (QED) is 0.551. The number of esters is 1. The lowest BCUT2D eigenvalue weighted by molar-refractivity contribution is -0.153. The van der Waals surface area contributed by atoms with Gasteiger partial charge in [0.25, 0.3) is 5.91 Å². The third-order valence-corrected chi connectivity index (χ3v) is 3.72. The van der Waals surface area contributed by atoms with Gasteiger partial charge in [0, 0.05) is 6.42 Å². The lowest BCUT2D eigenvalue weighted by Crippen LogP contribution is -2.30. The molecule has 0 fully saturated rings. The molecular weight excluding hydrogens is 361 g/mol. The second kappa shape index (κ2) is 9.77. The molecule has 1 amide bonds. The minimum atomic E-state index is -1.00. The van der Waals surface area contributed by atoms with E-state index in [1.807, 2.05) is 30.3 Å². The number of carbonyl (C=O) groups is 2. The molecular formula is C19H19ClFNO4. The summed E-state index contributed by atoms with van der Waals surface area (Å²) in [5, 5.41) is 2.56. The van der Waals surface area contributed by atoms with Crippen LogP contribution in [0.15, 0.2) is 48.5 Å². The Labute approximate surface area is 156 Å². The summed E-state index contributed by atoms with van der Waals surface area (Å²) in [7, 11) is 0. The molecule has 2 aromatic carbocycles. The van der Waals surface area contributed by atoms with Gasteiger partial charge in [-0.25, -0.2) is 4.39 Å². The summed E-state index contributed by atoms with van der Waals surface area (Å²) in [6, 6.07) is 12.8. The highest BCUT2D eigenvalue weighted by molar-refractivity contribution is 6.33. The van der Waals surface area contributed by atoms with Crippen molar-refractivity contribution in [2.75, 3.05) is 11.9 Å². The zero-order chi connectivity index (χ0) is 18.9.